The van der Waals surface area contributed by atoms with Crippen LogP contribution in [0.3, 0.4) is 0 Å². The van der Waals surface area contributed by atoms with E-state index in [4.69, 9.17) is 0 Å². The summed E-state index contributed by atoms with van der Waals surface area (Å²) in [5.41, 5.74) is 18.7. The summed E-state index contributed by atoms with van der Waals surface area (Å²) in [4.78, 5) is 2.38. The molecule has 62 heavy (non-hydrogen) atoms. The Balaban J connectivity index is 0.989. The fraction of sp³-hybridized carbons (Fsp3) is 0. The van der Waals surface area contributed by atoms with Gasteiger partial charge in [0.2, 0.25) is 0 Å². The monoisotopic (exact) mass is 790 g/mol. The van der Waals surface area contributed by atoms with Gasteiger partial charge in [0.15, 0.2) is 0 Å². The predicted molar refractivity (Wildman–Crippen MR) is 263 cm³/mol. The third-order valence-electron chi connectivity index (χ3n) is 12.0. The summed E-state index contributed by atoms with van der Waals surface area (Å²) in [6.45, 7) is 0. The van der Waals surface area contributed by atoms with Crippen molar-refractivity contribution in [2.75, 3.05) is 4.90 Å². The van der Waals surface area contributed by atoms with E-state index in [1.807, 2.05) is 0 Å². The minimum atomic E-state index is 1.09. The van der Waals surface area contributed by atoms with Crippen molar-refractivity contribution in [2.24, 2.45) is 0 Å². The molecule has 2 heteroatoms. The molecule has 0 aliphatic carbocycles. The molecular weight excluding hydrogens is 749 g/mol. The number of aromatic nitrogens is 1. The van der Waals surface area contributed by atoms with Crippen molar-refractivity contribution in [2.45, 2.75) is 0 Å². The average Bonchev–Trinajstić information content (AvgIpc) is 3.70. The van der Waals surface area contributed by atoms with Crippen LogP contribution in [0.15, 0.2) is 255 Å². The molecule has 0 unspecified atom stereocenters. The lowest BCUT2D eigenvalue weighted by atomic mass is 9.95. The van der Waals surface area contributed by atoms with Crippen molar-refractivity contribution in [3.05, 3.63) is 255 Å². The molecule has 0 saturated heterocycles. The van der Waals surface area contributed by atoms with Gasteiger partial charge in [-0.1, -0.05) is 188 Å². The van der Waals surface area contributed by atoms with Gasteiger partial charge in [-0.2, -0.15) is 0 Å². The van der Waals surface area contributed by atoms with E-state index in [0.717, 1.165) is 28.3 Å². The van der Waals surface area contributed by atoms with E-state index in [1.165, 1.54) is 71.9 Å². The maximum Gasteiger partial charge on any atom is 0.0547 e. The summed E-state index contributed by atoms with van der Waals surface area (Å²) >= 11 is 0. The Bertz CT molecular complexity index is 3310. The molecule has 292 valence electrons. The molecule has 0 fully saturated rings. The van der Waals surface area contributed by atoms with Gasteiger partial charge < -0.3 is 9.47 Å². The Morgan fingerprint density at radius 2 is 0.677 bits per heavy atom. The van der Waals surface area contributed by atoms with Crippen LogP contribution < -0.4 is 4.90 Å². The van der Waals surface area contributed by atoms with E-state index < -0.39 is 0 Å². The van der Waals surface area contributed by atoms with Crippen LogP contribution in [0.25, 0.3) is 83.1 Å². The number of rotatable bonds is 9. The van der Waals surface area contributed by atoms with Crippen LogP contribution in [-0.4, -0.2) is 4.57 Å². The number of anilines is 3. The number of hydrogen-bond acceptors (Lipinski definition) is 1. The van der Waals surface area contributed by atoms with Crippen molar-refractivity contribution >= 4 is 38.9 Å². The number of para-hydroxylation sites is 2. The Labute approximate surface area is 362 Å². The van der Waals surface area contributed by atoms with E-state index in [9.17, 15) is 0 Å². The Kier molecular flexibility index (Phi) is 9.57. The molecule has 11 aromatic rings. The summed E-state index contributed by atoms with van der Waals surface area (Å²) in [7, 11) is 0. The summed E-state index contributed by atoms with van der Waals surface area (Å²) in [5.74, 6) is 0. The van der Waals surface area contributed by atoms with Gasteiger partial charge in [-0.15, -0.1) is 0 Å². The lowest BCUT2D eigenvalue weighted by Gasteiger charge is -2.27. The zero-order valence-electron chi connectivity index (χ0n) is 34.1. The zero-order chi connectivity index (χ0) is 41.2. The van der Waals surface area contributed by atoms with Crippen LogP contribution in [-0.2, 0) is 0 Å². The first-order chi connectivity index (χ1) is 30.7. The van der Waals surface area contributed by atoms with E-state index in [2.05, 4.69) is 264 Å². The standard InChI is InChI=1S/C60H42N2/c1-4-16-43(17-5-1)45-32-34-46(35-33-45)47-36-38-53(39-37-47)61(54-26-13-21-49(41-54)44-18-6-2-7-19-44)55-27-14-22-50(42-55)48-20-12-23-51(40-48)56-29-15-31-59-60(56)57-28-10-11-30-58(57)62(59)52-24-8-3-9-25-52/h1-42H. The van der Waals surface area contributed by atoms with Crippen molar-refractivity contribution in [1.82, 2.24) is 4.57 Å². The molecule has 0 aliphatic heterocycles. The molecule has 0 atom stereocenters. The third kappa shape index (κ3) is 6.94. The summed E-state index contributed by atoms with van der Waals surface area (Å²) in [6, 6.07) is 92.0. The molecule has 0 spiro atoms. The van der Waals surface area contributed by atoms with Gasteiger partial charge in [0.25, 0.3) is 0 Å². The van der Waals surface area contributed by atoms with E-state index in [0.29, 0.717) is 0 Å². The normalized spacial score (nSPS) is 11.2. The highest BCUT2D eigenvalue weighted by Crippen LogP contribution is 2.42. The minimum absolute atomic E-state index is 1.09. The van der Waals surface area contributed by atoms with Crippen molar-refractivity contribution in [1.29, 1.82) is 0 Å². The van der Waals surface area contributed by atoms with Crippen LogP contribution in [0.2, 0.25) is 0 Å². The maximum atomic E-state index is 2.39. The molecular formula is C60H42N2. The molecule has 1 aromatic heterocycles. The molecule has 0 radical (unpaired) electrons. The fourth-order valence-electron chi connectivity index (χ4n) is 9.00. The fourth-order valence-corrected chi connectivity index (χ4v) is 9.00. The molecule has 0 aliphatic rings. The second kappa shape index (κ2) is 16.1. The Morgan fingerprint density at radius 3 is 1.31 bits per heavy atom. The van der Waals surface area contributed by atoms with Gasteiger partial charge in [0.05, 0.1) is 11.0 Å². The largest absolute Gasteiger partial charge is 0.310 e. The third-order valence-corrected chi connectivity index (χ3v) is 12.0. The zero-order valence-corrected chi connectivity index (χ0v) is 34.1. The van der Waals surface area contributed by atoms with Gasteiger partial charge in [-0.25, -0.2) is 0 Å². The number of nitrogens with zero attached hydrogens (tertiary/aromatic N) is 2. The molecule has 10 aromatic carbocycles. The van der Waals surface area contributed by atoms with Crippen LogP contribution in [0, 0.1) is 0 Å². The van der Waals surface area contributed by atoms with Crippen molar-refractivity contribution in [3.8, 4) is 61.3 Å². The highest BCUT2D eigenvalue weighted by Gasteiger charge is 2.18. The van der Waals surface area contributed by atoms with E-state index in [-0.39, 0.29) is 0 Å². The highest BCUT2D eigenvalue weighted by atomic mass is 15.1. The quantitative estimate of drug-likeness (QED) is 0.141. The second-order valence-electron chi connectivity index (χ2n) is 15.8. The van der Waals surface area contributed by atoms with Gasteiger partial charge in [0.1, 0.15) is 0 Å². The summed E-state index contributed by atoms with van der Waals surface area (Å²) in [5, 5.41) is 2.51. The average molecular weight is 791 g/mol. The Morgan fingerprint density at radius 1 is 0.258 bits per heavy atom. The Hall–Kier alpha value is -8.20. The first kappa shape index (κ1) is 36.8. The topological polar surface area (TPSA) is 8.17 Å². The molecule has 0 N–H and O–H groups in total. The van der Waals surface area contributed by atoms with Gasteiger partial charge >= 0.3 is 0 Å². The molecule has 0 saturated carbocycles. The van der Waals surface area contributed by atoms with Gasteiger partial charge in [0, 0.05) is 33.5 Å². The number of hydrogen-bond donors (Lipinski definition) is 0. The molecule has 1 heterocycles. The van der Waals surface area contributed by atoms with E-state index >= 15 is 0 Å². The first-order valence-electron chi connectivity index (χ1n) is 21.3. The lowest BCUT2D eigenvalue weighted by Crippen LogP contribution is -2.10. The van der Waals surface area contributed by atoms with Crippen LogP contribution in [0.1, 0.15) is 0 Å². The molecule has 11 rings (SSSR count). The summed E-state index contributed by atoms with van der Waals surface area (Å²) in [6.07, 6.45) is 0. The van der Waals surface area contributed by atoms with Crippen molar-refractivity contribution < 1.29 is 0 Å². The second-order valence-corrected chi connectivity index (χ2v) is 15.8. The summed E-state index contributed by atoms with van der Waals surface area (Å²) < 4.78 is 2.39. The van der Waals surface area contributed by atoms with E-state index in [1.54, 1.807) is 0 Å². The molecule has 2 nitrogen and oxygen atoms in total. The highest BCUT2D eigenvalue weighted by molar-refractivity contribution is 6.15. The lowest BCUT2D eigenvalue weighted by molar-refractivity contribution is 1.18. The van der Waals surface area contributed by atoms with Gasteiger partial charge in [-0.3, -0.25) is 0 Å². The minimum Gasteiger partial charge on any atom is -0.310 e. The van der Waals surface area contributed by atoms with Crippen molar-refractivity contribution in [3.63, 3.8) is 0 Å². The maximum absolute atomic E-state index is 2.39. The SMILES string of the molecule is c1ccc(-c2ccc(-c3ccc(N(c4cccc(-c5ccccc5)c4)c4cccc(-c5cccc(-c6cccc7c6c6ccccc6n7-c6ccccc6)c5)c4)cc3)cc2)cc1. The van der Waals surface area contributed by atoms with Crippen LogP contribution >= 0.6 is 0 Å². The van der Waals surface area contributed by atoms with Gasteiger partial charge in [-0.05, 0) is 122 Å². The van der Waals surface area contributed by atoms with Crippen LogP contribution in [0.5, 0.6) is 0 Å². The molecule has 0 amide bonds. The number of fused-ring (bicyclic) bond motifs is 3. The molecule has 0 bridgehead atoms. The number of benzene rings is 10. The van der Waals surface area contributed by atoms with Crippen LogP contribution in [0.4, 0.5) is 17.1 Å². The predicted octanol–water partition coefficient (Wildman–Crippen LogP) is 16.6. The smallest absolute Gasteiger partial charge is 0.0547 e. The first-order valence-corrected chi connectivity index (χ1v) is 21.3.